The average molecular weight is 409 g/mol. The maximum atomic E-state index is 13.9. The van der Waals surface area contributed by atoms with E-state index in [1.807, 2.05) is 6.92 Å². The molecule has 154 valence electrons. The number of rotatable bonds is 7. The van der Waals surface area contributed by atoms with Gasteiger partial charge in [-0.15, -0.1) is 0 Å². The summed E-state index contributed by atoms with van der Waals surface area (Å²) in [6.07, 6.45) is 4.79. The molecule has 0 spiro atoms. The third-order valence-electron chi connectivity index (χ3n) is 4.06. The van der Waals surface area contributed by atoms with Crippen molar-refractivity contribution in [1.82, 2.24) is 20.4 Å². The Labute approximate surface area is 172 Å². The summed E-state index contributed by atoms with van der Waals surface area (Å²) >= 11 is 0. The Morgan fingerprint density at radius 3 is 2.83 bits per heavy atom. The molecule has 1 amide bonds. The van der Waals surface area contributed by atoms with E-state index in [9.17, 15) is 14.3 Å². The minimum atomic E-state index is -0.748. The fraction of sp³-hybridized carbons (Fsp3) is 0.190. The number of nitrogens with one attached hydrogen (secondary N) is 1. The minimum Gasteiger partial charge on any atom is -0.478 e. The highest BCUT2D eigenvalue weighted by Gasteiger charge is 2.10. The summed E-state index contributed by atoms with van der Waals surface area (Å²) in [7, 11) is 0. The SMILES string of the molecule is CCOc1ccc(-c2cncc(C(=O)N/N=C/c3cc(C(C)O)ccc3F)n2)cn1. The second-order valence-corrected chi connectivity index (χ2v) is 6.26. The van der Waals surface area contributed by atoms with E-state index in [1.165, 1.54) is 30.6 Å². The number of aliphatic hydroxyl groups is 1. The number of benzene rings is 1. The molecule has 0 radical (unpaired) electrons. The van der Waals surface area contributed by atoms with Crippen LogP contribution in [-0.2, 0) is 0 Å². The number of amides is 1. The lowest BCUT2D eigenvalue weighted by molar-refractivity contribution is 0.0950. The summed E-state index contributed by atoms with van der Waals surface area (Å²) in [6.45, 7) is 3.95. The van der Waals surface area contributed by atoms with Crippen molar-refractivity contribution in [3.63, 3.8) is 0 Å². The van der Waals surface area contributed by atoms with Crippen LogP contribution in [0.1, 0.15) is 41.6 Å². The fourth-order valence-corrected chi connectivity index (χ4v) is 2.52. The lowest BCUT2D eigenvalue weighted by atomic mass is 10.1. The molecule has 9 heteroatoms. The number of hydrazone groups is 1. The monoisotopic (exact) mass is 409 g/mol. The normalized spacial score (nSPS) is 12.0. The van der Waals surface area contributed by atoms with E-state index < -0.39 is 17.8 Å². The van der Waals surface area contributed by atoms with Gasteiger partial charge in [-0.3, -0.25) is 9.78 Å². The molecule has 1 atom stereocenters. The Morgan fingerprint density at radius 2 is 2.13 bits per heavy atom. The van der Waals surface area contributed by atoms with E-state index in [2.05, 4.69) is 25.5 Å². The summed E-state index contributed by atoms with van der Waals surface area (Å²) in [5.41, 5.74) is 4.12. The number of ether oxygens (including phenoxy) is 1. The van der Waals surface area contributed by atoms with E-state index in [4.69, 9.17) is 4.74 Å². The molecule has 3 aromatic rings. The first-order valence-electron chi connectivity index (χ1n) is 9.20. The lowest BCUT2D eigenvalue weighted by Crippen LogP contribution is -2.19. The van der Waals surface area contributed by atoms with Gasteiger partial charge >= 0.3 is 0 Å². The van der Waals surface area contributed by atoms with Gasteiger partial charge in [-0.05, 0) is 37.6 Å². The zero-order valence-electron chi connectivity index (χ0n) is 16.4. The molecule has 1 aromatic carbocycles. The van der Waals surface area contributed by atoms with Gasteiger partial charge in [0.1, 0.15) is 11.5 Å². The lowest BCUT2D eigenvalue weighted by Gasteiger charge is -2.06. The van der Waals surface area contributed by atoms with Crippen LogP contribution in [0.25, 0.3) is 11.3 Å². The summed E-state index contributed by atoms with van der Waals surface area (Å²) in [5, 5.41) is 13.4. The summed E-state index contributed by atoms with van der Waals surface area (Å²) in [4.78, 5) is 24.8. The molecular formula is C21H20FN5O3. The van der Waals surface area contributed by atoms with Gasteiger partial charge in [0, 0.05) is 23.4 Å². The number of hydrogen-bond donors (Lipinski definition) is 2. The maximum Gasteiger partial charge on any atom is 0.291 e. The number of carbonyl (C=O) groups excluding carboxylic acids is 1. The molecule has 0 saturated carbocycles. The first-order valence-corrected chi connectivity index (χ1v) is 9.20. The highest BCUT2D eigenvalue weighted by molar-refractivity contribution is 5.93. The number of carbonyl (C=O) groups is 1. The van der Waals surface area contributed by atoms with Gasteiger partial charge < -0.3 is 9.84 Å². The molecule has 30 heavy (non-hydrogen) atoms. The van der Waals surface area contributed by atoms with E-state index in [0.29, 0.717) is 29.3 Å². The van der Waals surface area contributed by atoms with E-state index in [1.54, 1.807) is 25.3 Å². The molecule has 0 saturated heterocycles. The number of hydrogen-bond acceptors (Lipinski definition) is 7. The van der Waals surface area contributed by atoms with Crippen LogP contribution in [0, 0.1) is 5.82 Å². The molecule has 2 heterocycles. The molecule has 0 aliphatic heterocycles. The van der Waals surface area contributed by atoms with Gasteiger partial charge in [-0.25, -0.2) is 19.8 Å². The molecule has 0 aliphatic carbocycles. The molecule has 0 bridgehead atoms. The molecule has 0 aliphatic rings. The minimum absolute atomic E-state index is 0.0386. The van der Waals surface area contributed by atoms with Crippen LogP contribution in [0.5, 0.6) is 5.88 Å². The Hall–Kier alpha value is -3.72. The largest absolute Gasteiger partial charge is 0.478 e. The molecular weight excluding hydrogens is 389 g/mol. The zero-order valence-corrected chi connectivity index (χ0v) is 16.4. The van der Waals surface area contributed by atoms with Crippen molar-refractivity contribution in [3.8, 4) is 17.1 Å². The smallest absolute Gasteiger partial charge is 0.291 e. The van der Waals surface area contributed by atoms with Gasteiger partial charge in [-0.2, -0.15) is 5.10 Å². The number of aliphatic hydroxyl groups excluding tert-OH is 1. The number of halogens is 1. The van der Waals surface area contributed by atoms with E-state index >= 15 is 0 Å². The Balaban J connectivity index is 1.71. The Kier molecular flexibility index (Phi) is 6.76. The first-order chi connectivity index (χ1) is 14.5. The van der Waals surface area contributed by atoms with Gasteiger partial charge in [0.2, 0.25) is 5.88 Å². The highest BCUT2D eigenvalue weighted by Crippen LogP contribution is 2.18. The number of nitrogens with zero attached hydrogens (tertiary/aromatic N) is 4. The van der Waals surface area contributed by atoms with Crippen molar-refractivity contribution in [2.24, 2.45) is 5.10 Å². The van der Waals surface area contributed by atoms with Gasteiger partial charge in [0.05, 0.1) is 37.0 Å². The van der Waals surface area contributed by atoms with Crippen molar-refractivity contribution < 1.29 is 19.0 Å². The number of pyridine rings is 1. The van der Waals surface area contributed by atoms with Crippen LogP contribution in [0.15, 0.2) is 54.0 Å². The topological polar surface area (TPSA) is 110 Å². The fourth-order valence-electron chi connectivity index (χ4n) is 2.52. The molecule has 2 N–H and O–H groups in total. The Bertz CT molecular complexity index is 1050. The standard InChI is InChI=1S/C21H20FN5O3/c1-3-30-20-7-5-15(9-24-20)18-11-23-12-19(26-18)21(29)27-25-10-16-8-14(13(2)28)4-6-17(16)22/h4-13,28H,3H2,1-2H3,(H,27,29)/b25-10+. The Morgan fingerprint density at radius 1 is 1.30 bits per heavy atom. The second kappa shape index (κ2) is 9.66. The van der Waals surface area contributed by atoms with E-state index in [0.717, 1.165) is 6.21 Å². The molecule has 0 fully saturated rings. The average Bonchev–Trinajstić information content (AvgIpc) is 2.75. The molecule has 3 rings (SSSR count). The predicted molar refractivity (Wildman–Crippen MR) is 109 cm³/mol. The molecule has 8 nitrogen and oxygen atoms in total. The third kappa shape index (κ3) is 5.21. The number of aromatic nitrogens is 3. The summed E-state index contributed by atoms with van der Waals surface area (Å²) in [5.74, 6) is -0.641. The van der Waals surface area contributed by atoms with Crippen molar-refractivity contribution in [2.75, 3.05) is 6.61 Å². The highest BCUT2D eigenvalue weighted by atomic mass is 19.1. The van der Waals surface area contributed by atoms with Gasteiger partial charge in [-0.1, -0.05) is 6.07 Å². The van der Waals surface area contributed by atoms with Crippen molar-refractivity contribution in [3.05, 3.63) is 71.6 Å². The van der Waals surface area contributed by atoms with Crippen molar-refractivity contribution in [2.45, 2.75) is 20.0 Å². The van der Waals surface area contributed by atoms with Crippen molar-refractivity contribution >= 4 is 12.1 Å². The molecule has 2 aromatic heterocycles. The second-order valence-electron chi connectivity index (χ2n) is 6.26. The quantitative estimate of drug-likeness (QED) is 0.459. The van der Waals surface area contributed by atoms with Gasteiger partial charge in [0.25, 0.3) is 5.91 Å². The van der Waals surface area contributed by atoms with Crippen LogP contribution < -0.4 is 10.2 Å². The van der Waals surface area contributed by atoms with Crippen LogP contribution in [0.2, 0.25) is 0 Å². The predicted octanol–water partition coefficient (Wildman–Crippen LogP) is 2.89. The van der Waals surface area contributed by atoms with Crippen molar-refractivity contribution in [1.29, 1.82) is 0 Å². The maximum absolute atomic E-state index is 13.9. The van der Waals surface area contributed by atoms with Crippen LogP contribution in [0.4, 0.5) is 4.39 Å². The summed E-state index contributed by atoms with van der Waals surface area (Å²) < 4.78 is 19.2. The van der Waals surface area contributed by atoms with Gasteiger partial charge in [0.15, 0.2) is 0 Å². The van der Waals surface area contributed by atoms with Crippen LogP contribution in [0.3, 0.4) is 0 Å². The molecule has 1 unspecified atom stereocenters. The van der Waals surface area contributed by atoms with Crippen LogP contribution >= 0.6 is 0 Å². The van der Waals surface area contributed by atoms with E-state index in [-0.39, 0.29) is 11.3 Å². The zero-order chi connectivity index (χ0) is 21.5. The third-order valence-corrected chi connectivity index (χ3v) is 4.06. The first kappa shape index (κ1) is 21.0. The summed E-state index contributed by atoms with van der Waals surface area (Å²) in [6, 6.07) is 7.63. The van der Waals surface area contributed by atoms with Crippen LogP contribution in [-0.4, -0.2) is 38.8 Å².